The van der Waals surface area contributed by atoms with Gasteiger partial charge in [0.2, 0.25) is 6.10 Å². The number of hydrogen-bond donors (Lipinski definition) is 0. The number of alkyl halides is 1. The average molecular weight is 370 g/mol. The van der Waals surface area contributed by atoms with Gasteiger partial charge in [0.25, 0.3) is 0 Å². The molecule has 0 fully saturated rings. The second-order valence-electron chi connectivity index (χ2n) is 4.32. The van der Waals surface area contributed by atoms with Crippen LogP contribution in [-0.2, 0) is 14.9 Å². The van der Waals surface area contributed by atoms with Crippen LogP contribution in [0.15, 0.2) is 48.5 Å². The Morgan fingerprint density at radius 3 is 2.52 bits per heavy atom. The van der Waals surface area contributed by atoms with Gasteiger partial charge in [-0.2, -0.15) is 0 Å². The largest absolute Gasteiger partial charge is 0.474 e. The van der Waals surface area contributed by atoms with Crippen LogP contribution in [0.2, 0.25) is 5.02 Å². The maximum Gasteiger partial charge on any atom is 0.351 e. The Balaban J connectivity index is 2.27. The Morgan fingerprint density at radius 2 is 1.95 bits per heavy atom. The number of methoxy groups -OCH3 is 1. The van der Waals surface area contributed by atoms with E-state index in [2.05, 4.69) is 15.9 Å². The summed E-state index contributed by atoms with van der Waals surface area (Å²) in [5.41, 5.74) is 1.68. The fourth-order valence-electron chi connectivity index (χ4n) is 1.83. The minimum Gasteiger partial charge on any atom is -0.474 e. The predicted octanol–water partition coefficient (Wildman–Crippen LogP) is 4.53. The Morgan fingerprint density at radius 1 is 1.24 bits per heavy atom. The Labute approximate surface area is 137 Å². The van der Waals surface area contributed by atoms with Gasteiger partial charge >= 0.3 is 5.97 Å². The fourth-order valence-corrected chi connectivity index (χ4v) is 2.72. The molecule has 0 N–H and O–H groups in total. The number of halogens is 2. The van der Waals surface area contributed by atoms with Crippen LogP contribution >= 0.6 is 27.5 Å². The van der Waals surface area contributed by atoms with E-state index >= 15 is 0 Å². The first-order valence-corrected chi connectivity index (χ1v) is 7.79. The van der Waals surface area contributed by atoms with Gasteiger partial charge in [0.05, 0.1) is 7.11 Å². The van der Waals surface area contributed by atoms with E-state index in [1.807, 2.05) is 36.4 Å². The number of benzene rings is 2. The van der Waals surface area contributed by atoms with E-state index in [1.54, 1.807) is 12.1 Å². The maximum atomic E-state index is 11.9. The standard InChI is InChI=1S/C16H14BrClO3/c1-20-16(19)15(11-5-3-2-4-6-11)21-13-8-7-12(10-17)14(18)9-13/h2-9,15H,10H2,1H3. The molecule has 0 spiro atoms. The summed E-state index contributed by atoms with van der Waals surface area (Å²) >= 11 is 9.50. The van der Waals surface area contributed by atoms with Crippen molar-refractivity contribution in [3.8, 4) is 5.75 Å². The molecule has 2 aromatic rings. The highest BCUT2D eigenvalue weighted by Crippen LogP contribution is 2.28. The van der Waals surface area contributed by atoms with Crippen LogP contribution in [0.4, 0.5) is 0 Å². The third-order valence-electron chi connectivity index (χ3n) is 2.94. The van der Waals surface area contributed by atoms with Gasteiger partial charge in [-0.05, 0) is 17.7 Å². The summed E-state index contributed by atoms with van der Waals surface area (Å²) < 4.78 is 10.6. The van der Waals surface area contributed by atoms with Crippen molar-refractivity contribution in [3.05, 3.63) is 64.7 Å². The second-order valence-corrected chi connectivity index (χ2v) is 5.29. The molecule has 0 saturated heterocycles. The topological polar surface area (TPSA) is 35.5 Å². The van der Waals surface area contributed by atoms with Crippen molar-refractivity contribution >= 4 is 33.5 Å². The number of carbonyl (C=O) groups excluding carboxylic acids is 1. The van der Waals surface area contributed by atoms with E-state index in [9.17, 15) is 4.79 Å². The van der Waals surface area contributed by atoms with Gasteiger partial charge in [-0.15, -0.1) is 0 Å². The van der Waals surface area contributed by atoms with Crippen LogP contribution in [0.5, 0.6) is 5.75 Å². The van der Waals surface area contributed by atoms with E-state index < -0.39 is 12.1 Å². The van der Waals surface area contributed by atoms with Gasteiger partial charge in [0.1, 0.15) is 5.75 Å². The van der Waals surface area contributed by atoms with E-state index in [1.165, 1.54) is 7.11 Å². The maximum absolute atomic E-state index is 11.9. The first-order valence-electron chi connectivity index (χ1n) is 6.29. The SMILES string of the molecule is COC(=O)C(Oc1ccc(CBr)c(Cl)c1)c1ccccc1. The summed E-state index contributed by atoms with van der Waals surface area (Å²) in [5.74, 6) is 0.0610. The second kappa shape index (κ2) is 7.48. The van der Waals surface area contributed by atoms with Crippen LogP contribution in [0.1, 0.15) is 17.2 Å². The summed E-state index contributed by atoms with van der Waals surface area (Å²) in [6, 6.07) is 14.5. The molecule has 0 radical (unpaired) electrons. The molecule has 5 heteroatoms. The quantitative estimate of drug-likeness (QED) is 0.574. The summed E-state index contributed by atoms with van der Waals surface area (Å²) in [4.78, 5) is 11.9. The highest BCUT2D eigenvalue weighted by molar-refractivity contribution is 9.08. The highest BCUT2D eigenvalue weighted by atomic mass is 79.9. The van der Waals surface area contributed by atoms with Gasteiger partial charge in [0, 0.05) is 15.9 Å². The fraction of sp³-hybridized carbons (Fsp3) is 0.188. The molecule has 0 aromatic heterocycles. The van der Waals surface area contributed by atoms with Crippen LogP contribution in [0.25, 0.3) is 0 Å². The van der Waals surface area contributed by atoms with Crippen molar-refractivity contribution in [1.82, 2.24) is 0 Å². The van der Waals surface area contributed by atoms with Crippen molar-refractivity contribution in [2.24, 2.45) is 0 Å². The molecular weight excluding hydrogens is 356 g/mol. The van der Waals surface area contributed by atoms with Crippen LogP contribution in [0.3, 0.4) is 0 Å². The lowest BCUT2D eigenvalue weighted by atomic mass is 10.1. The molecule has 0 aliphatic carbocycles. The number of rotatable bonds is 5. The third kappa shape index (κ3) is 3.99. The van der Waals surface area contributed by atoms with Gasteiger partial charge < -0.3 is 9.47 Å². The molecule has 0 aliphatic heterocycles. The molecule has 0 amide bonds. The molecule has 110 valence electrons. The van der Waals surface area contributed by atoms with Crippen molar-refractivity contribution in [1.29, 1.82) is 0 Å². The van der Waals surface area contributed by atoms with Gasteiger partial charge in [0.15, 0.2) is 0 Å². The molecule has 2 aromatic carbocycles. The summed E-state index contributed by atoms with van der Waals surface area (Å²) in [5, 5.41) is 1.24. The van der Waals surface area contributed by atoms with E-state index in [4.69, 9.17) is 21.1 Å². The minimum atomic E-state index is -0.818. The van der Waals surface area contributed by atoms with E-state index in [0.717, 1.165) is 11.1 Å². The first-order chi connectivity index (χ1) is 10.2. The van der Waals surface area contributed by atoms with Crippen LogP contribution in [0, 0.1) is 0 Å². The highest BCUT2D eigenvalue weighted by Gasteiger charge is 2.23. The molecular formula is C16H14BrClO3. The van der Waals surface area contributed by atoms with Crippen molar-refractivity contribution in [2.45, 2.75) is 11.4 Å². The monoisotopic (exact) mass is 368 g/mol. The Bertz CT molecular complexity index is 616. The first kappa shape index (κ1) is 15.9. The number of esters is 1. The van der Waals surface area contributed by atoms with Gasteiger partial charge in [-0.3, -0.25) is 0 Å². The molecule has 1 atom stereocenters. The summed E-state index contributed by atoms with van der Waals surface area (Å²) in [6.07, 6.45) is -0.818. The Hall–Kier alpha value is -1.52. The zero-order chi connectivity index (χ0) is 15.2. The average Bonchev–Trinajstić information content (AvgIpc) is 2.53. The minimum absolute atomic E-state index is 0.457. The lowest BCUT2D eigenvalue weighted by Crippen LogP contribution is -2.20. The normalized spacial score (nSPS) is 11.8. The molecule has 0 bridgehead atoms. The molecule has 3 nitrogen and oxygen atoms in total. The van der Waals surface area contributed by atoms with Gasteiger partial charge in [-0.25, -0.2) is 4.79 Å². The molecule has 0 saturated carbocycles. The van der Waals surface area contributed by atoms with E-state index in [0.29, 0.717) is 16.1 Å². The molecule has 1 unspecified atom stereocenters. The third-order valence-corrected chi connectivity index (χ3v) is 3.90. The molecule has 2 rings (SSSR count). The number of hydrogen-bond acceptors (Lipinski definition) is 3. The molecule has 21 heavy (non-hydrogen) atoms. The van der Waals surface area contributed by atoms with Gasteiger partial charge in [-0.1, -0.05) is 63.9 Å². The smallest absolute Gasteiger partial charge is 0.351 e. The van der Waals surface area contributed by atoms with Crippen molar-refractivity contribution in [3.63, 3.8) is 0 Å². The lowest BCUT2D eigenvalue weighted by molar-refractivity contribution is -0.149. The zero-order valence-electron chi connectivity index (χ0n) is 11.4. The van der Waals surface area contributed by atoms with Crippen LogP contribution in [-0.4, -0.2) is 13.1 Å². The molecule has 0 aliphatic rings. The number of carbonyl (C=O) groups is 1. The predicted molar refractivity (Wildman–Crippen MR) is 85.9 cm³/mol. The van der Waals surface area contributed by atoms with Crippen molar-refractivity contribution < 1.29 is 14.3 Å². The Kier molecular flexibility index (Phi) is 5.65. The van der Waals surface area contributed by atoms with Crippen LogP contribution < -0.4 is 4.74 Å². The van der Waals surface area contributed by atoms with E-state index in [-0.39, 0.29) is 0 Å². The summed E-state index contributed by atoms with van der Waals surface area (Å²) in [6.45, 7) is 0. The lowest BCUT2D eigenvalue weighted by Gasteiger charge is -2.17. The zero-order valence-corrected chi connectivity index (χ0v) is 13.7. The number of ether oxygens (including phenoxy) is 2. The van der Waals surface area contributed by atoms with Crippen molar-refractivity contribution in [2.75, 3.05) is 7.11 Å². The summed E-state index contributed by atoms with van der Waals surface area (Å²) in [7, 11) is 1.34. The molecule has 0 heterocycles.